The molecule has 0 aromatic heterocycles. The number of benzene rings is 1. The largest absolute Gasteiger partial charge is 0.454 e. The number of nitrogens with one attached hydrogen (secondary N) is 1. The predicted octanol–water partition coefficient (Wildman–Crippen LogP) is 2.82. The highest BCUT2D eigenvalue weighted by Crippen LogP contribution is 2.54. The molecule has 2 amide bonds. The van der Waals surface area contributed by atoms with Crippen LogP contribution in [0.15, 0.2) is 30.3 Å². The van der Waals surface area contributed by atoms with E-state index in [0.717, 1.165) is 31.2 Å². The Balaban J connectivity index is 1.36. The zero-order chi connectivity index (χ0) is 20.4. The van der Waals surface area contributed by atoms with E-state index in [1.54, 1.807) is 16.7 Å². The molecule has 156 valence electrons. The molecule has 0 bridgehead atoms. The van der Waals surface area contributed by atoms with Gasteiger partial charge >= 0.3 is 5.97 Å². The Labute approximate surface area is 175 Å². The number of fused-ring (bicyclic) bond motifs is 1. The van der Waals surface area contributed by atoms with Crippen molar-refractivity contribution in [1.82, 2.24) is 10.2 Å². The van der Waals surface area contributed by atoms with E-state index in [9.17, 15) is 14.4 Å². The predicted molar refractivity (Wildman–Crippen MR) is 111 cm³/mol. The molecule has 1 aromatic rings. The number of thioether (sulfide) groups is 1. The standard InChI is InChI=1S/C22H28N2O4S/c1-15-7-9-17(10-8-15)23-19(25)13-28-21(27)18-14-29-22(12-11-20(26)24(18)22)16-5-3-2-4-6-16/h2-6,15,17-18H,7-14H2,1H3,(H,23,25)/t15?,17?,18-,22-/m1/s1. The van der Waals surface area contributed by atoms with Crippen molar-refractivity contribution in [3.05, 3.63) is 35.9 Å². The Morgan fingerprint density at radius 3 is 2.66 bits per heavy atom. The third kappa shape index (κ3) is 4.02. The van der Waals surface area contributed by atoms with Crippen LogP contribution >= 0.6 is 11.8 Å². The van der Waals surface area contributed by atoms with Crippen LogP contribution < -0.4 is 5.32 Å². The van der Waals surface area contributed by atoms with Crippen molar-refractivity contribution in [3.63, 3.8) is 0 Å². The number of nitrogens with zero attached hydrogens (tertiary/aromatic N) is 1. The van der Waals surface area contributed by atoms with Crippen LogP contribution in [0.5, 0.6) is 0 Å². The summed E-state index contributed by atoms with van der Waals surface area (Å²) in [6.07, 6.45) is 5.28. The number of hydrogen-bond donors (Lipinski definition) is 1. The van der Waals surface area contributed by atoms with Gasteiger partial charge in [0.05, 0.1) is 0 Å². The maximum Gasteiger partial charge on any atom is 0.330 e. The number of carbonyl (C=O) groups is 3. The first kappa shape index (κ1) is 20.3. The second-order valence-corrected chi connectivity index (χ2v) is 9.67. The molecule has 6 nitrogen and oxygen atoms in total. The quantitative estimate of drug-likeness (QED) is 0.747. The van der Waals surface area contributed by atoms with Gasteiger partial charge in [-0.2, -0.15) is 0 Å². The normalized spacial score (nSPS) is 31.4. The van der Waals surface area contributed by atoms with E-state index in [2.05, 4.69) is 12.2 Å². The molecule has 4 rings (SSSR count). The third-order valence-corrected chi connectivity index (χ3v) is 7.95. The first-order chi connectivity index (χ1) is 14.0. The van der Waals surface area contributed by atoms with Crippen LogP contribution in [-0.2, 0) is 24.0 Å². The molecule has 3 fully saturated rings. The summed E-state index contributed by atoms with van der Waals surface area (Å²) in [6.45, 7) is 1.95. The average molecular weight is 417 g/mol. The monoisotopic (exact) mass is 416 g/mol. The molecular formula is C22H28N2O4S. The minimum absolute atomic E-state index is 0.0263. The van der Waals surface area contributed by atoms with Crippen LogP contribution in [0.1, 0.15) is 51.0 Å². The molecular weight excluding hydrogens is 388 g/mol. The lowest BCUT2D eigenvalue weighted by atomic mass is 9.87. The van der Waals surface area contributed by atoms with Crippen molar-refractivity contribution in [2.24, 2.45) is 5.92 Å². The van der Waals surface area contributed by atoms with E-state index in [-0.39, 0.29) is 24.5 Å². The second-order valence-electron chi connectivity index (χ2n) is 8.37. The fourth-order valence-electron chi connectivity index (χ4n) is 4.72. The summed E-state index contributed by atoms with van der Waals surface area (Å²) in [4.78, 5) is 38.7. The van der Waals surface area contributed by atoms with Crippen molar-refractivity contribution < 1.29 is 19.1 Å². The first-order valence-corrected chi connectivity index (χ1v) is 11.5. The van der Waals surface area contributed by atoms with Crippen LogP contribution in [0.3, 0.4) is 0 Å². The fraction of sp³-hybridized carbons (Fsp3) is 0.591. The summed E-state index contributed by atoms with van der Waals surface area (Å²) < 4.78 is 5.33. The molecule has 1 saturated carbocycles. The van der Waals surface area contributed by atoms with E-state index in [4.69, 9.17) is 4.74 Å². The Morgan fingerprint density at radius 1 is 1.21 bits per heavy atom. The Hall–Kier alpha value is -2.02. The van der Waals surface area contributed by atoms with Crippen LogP contribution in [0, 0.1) is 5.92 Å². The molecule has 2 atom stereocenters. The van der Waals surface area contributed by atoms with Crippen LogP contribution in [0.4, 0.5) is 0 Å². The topological polar surface area (TPSA) is 75.7 Å². The van der Waals surface area contributed by atoms with Crippen molar-refractivity contribution in [1.29, 1.82) is 0 Å². The maximum absolute atomic E-state index is 12.7. The second kappa shape index (κ2) is 8.38. The van der Waals surface area contributed by atoms with Crippen LogP contribution in [0.25, 0.3) is 0 Å². The molecule has 2 heterocycles. The summed E-state index contributed by atoms with van der Waals surface area (Å²) in [5.74, 6) is 0.426. The minimum Gasteiger partial charge on any atom is -0.454 e. The smallest absolute Gasteiger partial charge is 0.330 e. The van der Waals surface area contributed by atoms with Crippen molar-refractivity contribution in [2.45, 2.75) is 62.4 Å². The Bertz CT molecular complexity index is 778. The lowest BCUT2D eigenvalue weighted by Gasteiger charge is -2.33. The van der Waals surface area contributed by atoms with Gasteiger partial charge in [-0.05, 0) is 43.6 Å². The number of ether oxygens (including phenoxy) is 1. The summed E-state index contributed by atoms with van der Waals surface area (Å²) in [7, 11) is 0. The highest BCUT2D eigenvalue weighted by Gasteiger charge is 2.57. The van der Waals surface area contributed by atoms with E-state index in [1.807, 2.05) is 30.3 Å². The molecule has 0 radical (unpaired) electrons. The molecule has 2 aliphatic heterocycles. The summed E-state index contributed by atoms with van der Waals surface area (Å²) in [5, 5.41) is 2.97. The molecule has 3 aliphatic rings. The number of esters is 1. The zero-order valence-electron chi connectivity index (χ0n) is 16.8. The Kier molecular flexibility index (Phi) is 5.86. The van der Waals surface area contributed by atoms with Crippen molar-refractivity contribution in [3.8, 4) is 0 Å². The molecule has 7 heteroatoms. The molecule has 1 aliphatic carbocycles. The van der Waals surface area contributed by atoms with E-state index in [1.165, 1.54) is 0 Å². The van der Waals surface area contributed by atoms with Crippen molar-refractivity contribution >= 4 is 29.5 Å². The molecule has 0 spiro atoms. The lowest BCUT2D eigenvalue weighted by molar-refractivity contribution is -0.156. The number of hydrogen-bond acceptors (Lipinski definition) is 5. The SMILES string of the molecule is CC1CCC(NC(=O)COC(=O)[C@H]2CS[C@@]3(c4ccccc4)CCC(=O)N23)CC1. The molecule has 29 heavy (non-hydrogen) atoms. The molecule has 1 N–H and O–H groups in total. The van der Waals surface area contributed by atoms with Gasteiger partial charge < -0.3 is 15.0 Å². The van der Waals surface area contributed by atoms with E-state index in [0.29, 0.717) is 24.5 Å². The van der Waals surface area contributed by atoms with Crippen molar-refractivity contribution in [2.75, 3.05) is 12.4 Å². The maximum atomic E-state index is 12.7. The Morgan fingerprint density at radius 2 is 1.93 bits per heavy atom. The minimum atomic E-state index is -0.640. The van der Waals surface area contributed by atoms with Gasteiger partial charge in [0.1, 0.15) is 10.9 Å². The van der Waals surface area contributed by atoms with Crippen LogP contribution in [0.2, 0.25) is 0 Å². The highest BCUT2D eigenvalue weighted by atomic mass is 32.2. The summed E-state index contributed by atoms with van der Waals surface area (Å²) >= 11 is 1.62. The molecule has 1 aromatic carbocycles. The van der Waals surface area contributed by atoms with Gasteiger partial charge in [0.15, 0.2) is 6.61 Å². The summed E-state index contributed by atoms with van der Waals surface area (Å²) in [5.41, 5.74) is 1.04. The molecule has 2 saturated heterocycles. The van der Waals surface area contributed by atoms with E-state index >= 15 is 0 Å². The average Bonchev–Trinajstić information content (AvgIpc) is 3.28. The zero-order valence-corrected chi connectivity index (χ0v) is 17.6. The molecule has 0 unspecified atom stereocenters. The van der Waals surface area contributed by atoms with Crippen LogP contribution in [-0.4, -0.2) is 47.1 Å². The van der Waals surface area contributed by atoms with Gasteiger partial charge in [0.2, 0.25) is 5.91 Å². The van der Waals surface area contributed by atoms with Gasteiger partial charge in [0.25, 0.3) is 5.91 Å². The van der Waals surface area contributed by atoms with Gasteiger partial charge in [-0.15, -0.1) is 11.8 Å². The van der Waals surface area contributed by atoms with E-state index < -0.39 is 16.9 Å². The number of rotatable bonds is 5. The first-order valence-electron chi connectivity index (χ1n) is 10.5. The fourth-order valence-corrected chi connectivity index (χ4v) is 6.36. The summed E-state index contributed by atoms with van der Waals surface area (Å²) in [6, 6.07) is 9.39. The van der Waals surface area contributed by atoms with Gasteiger partial charge in [0, 0.05) is 18.2 Å². The number of carbonyl (C=O) groups excluding carboxylic acids is 3. The van der Waals surface area contributed by atoms with Gasteiger partial charge in [-0.1, -0.05) is 37.3 Å². The number of amides is 2. The lowest BCUT2D eigenvalue weighted by Crippen LogP contribution is -2.47. The van der Waals surface area contributed by atoms with Gasteiger partial charge in [-0.3, -0.25) is 9.59 Å². The third-order valence-electron chi connectivity index (χ3n) is 6.35. The highest BCUT2D eigenvalue weighted by molar-refractivity contribution is 8.00. The van der Waals surface area contributed by atoms with Gasteiger partial charge in [-0.25, -0.2) is 4.79 Å².